The number of fused-ring (bicyclic) bond motifs is 1. The molecule has 6 nitrogen and oxygen atoms in total. The Balaban J connectivity index is 2.26. The highest BCUT2D eigenvalue weighted by Gasteiger charge is 2.28. The molecule has 2 heterocycles. The number of hydrogen-bond acceptors (Lipinski definition) is 5. The van der Waals surface area contributed by atoms with Crippen molar-refractivity contribution in [3.63, 3.8) is 0 Å². The quantitative estimate of drug-likeness (QED) is 0.577. The minimum Gasteiger partial charge on any atom is -0.508 e. The highest BCUT2D eigenvalue weighted by atomic mass is 32.2. The minimum atomic E-state index is -3.62. The van der Waals surface area contributed by atoms with Gasteiger partial charge in [0.25, 0.3) is 0 Å². The fraction of sp³-hybridized carbons (Fsp3) is 0.150. The van der Waals surface area contributed by atoms with Gasteiger partial charge in [-0.05, 0) is 37.6 Å². The molecular weight excluding hydrogens is 364 g/mol. The van der Waals surface area contributed by atoms with Crippen LogP contribution in [0.25, 0.3) is 33.3 Å². The number of nitrogens with zero attached hydrogens (tertiary/aromatic N) is 2. The van der Waals surface area contributed by atoms with E-state index in [0.29, 0.717) is 28.2 Å². The highest BCUT2D eigenvalue weighted by molar-refractivity contribution is 7.89. The summed E-state index contributed by atoms with van der Waals surface area (Å²) in [5, 5.41) is 14.5. The summed E-state index contributed by atoms with van der Waals surface area (Å²) in [7, 11) is -3.62. The molecule has 0 fully saturated rings. The second-order valence-corrected chi connectivity index (χ2v) is 8.35. The summed E-state index contributed by atoms with van der Waals surface area (Å²) in [4.78, 5) is 0. The third kappa shape index (κ3) is 2.71. The molecule has 0 amide bonds. The van der Waals surface area contributed by atoms with Gasteiger partial charge in [-0.1, -0.05) is 35.5 Å². The number of aromatic hydroxyl groups is 1. The third-order valence-corrected chi connectivity index (χ3v) is 5.63. The van der Waals surface area contributed by atoms with Crippen LogP contribution in [0.2, 0.25) is 0 Å². The molecule has 0 radical (unpaired) electrons. The van der Waals surface area contributed by atoms with Gasteiger partial charge in [-0.2, -0.15) is 0 Å². The van der Waals surface area contributed by atoms with Crippen LogP contribution in [0.4, 0.5) is 0 Å². The van der Waals surface area contributed by atoms with Crippen LogP contribution < -0.4 is 0 Å². The van der Waals surface area contributed by atoms with Gasteiger partial charge in [0.1, 0.15) is 11.5 Å². The van der Waals surface area contributed by atoms with Crippen molar-refractivity contribution < 1.29 is 18.0 Å². The number of aromatic nitrogens is 2. The molecule has 4 rings (SSSR count). The van der Waals surface area contributed by atoms with Crippen molar-refractivity contribution >= 4 is 20.9 Å². The zero-order valence-corrected chi connectivity index (χ0v) is 15.9. The summed E-state index contributed by atoms with van der Waals surface area (Å²) in [6.07, 6.45) is 1.18. The van der Waals surface area contributed by atoms with Gasteiger partial charge in [0, 0.05) is 10.9 Å². The molecule has 138 valence electrons. The van der Waals surface area contributed by atoms with Crippen LogP contribution in [-0.2, 0) is 10.0 Å². The lowest BCUT2D eigenvalue weighted by molar-refractivity contribution is 0.393. The van der Waals surface area contributed by atoms with E-state index in [-0.39, 0.29) is 5.75 Å². The first-order valence-electron chi connectivity index (χ1n) is 8.35. The number of phenolic OH excluding ortho intramolecular Hbond substituents is 1. The summed E-state index contributed by atoms with van der Waals surface area (Å²) in [5.41, 5.74) is 3.91. The van der Waals surface area contributed by atoms with Crippen molar-refractivity contribution in [2.24, 2.45) is 0 Å². The van der Waals surface area contributed by atoms with E-state index in [1.165, 1.54) is 10.2 Å². The summed E-state index contributed by atoms with van der Waals surface area (Å²) in [6.45, 7) is 3.55. The SMILES string of the molecule is Cc1noc(C)c1-c1c(-c2ccc(O)cc2)c2ccccc2n1S(C)(=O)=O. The van der Waals surface area contributed by atoms with Gasteiger partial charge in [0.2, 0.25) is 10.0 Å². The Morgan fingerprint density at radius 1 is 1.00 bits per heavy atom. The van der Waals surface area contributed by atoms with Gasteiger partial charge in [-0.25, -0.2) is 12.4 Å². The molecule has 1 N–H and O–H groups in total. The molecule has 0 unspecified atom stereocenters. The first-order valence-corrected chi connectivity index (χ1v) is 10.2. The zero-order chi connectivity index (χ0) is 19.3. The number of para-hydroxylation sites is 1. The van der Waals surface area contributed by atoms with E-state index >= 15 is 0 Å². The van der Waals surface area contributed by atoms with Gasteiger partial charge in [0.05, 0.1) is 28.7 Å². The molecule has 0 aliphatic rings. The Bertz CT molecular complexity index is 1250. The topological polar surface area (TPSA) is 85.3 Å². The standard InChI is InChI=1S/C20H18N2O4S/c1-12-18(13(2)26-21-12)20-19(14-8-10-15(23)11-9-14)16-6-4-5-7-17(16)22(20)27(3,24)25/h4-11,23H,1-3H3. The molecule has 0 aliphatic heterocycles. The van der Waals surface area contributed by atoms with Gasteiger partial charge in [0.15, 0.2) is 0 Å². The molecule has 2 aromatic carbocycles. The first kappa shape index (κ1) is 17.4. The van der Waals surface area contributed by atoms with E-state index in [2.05, 4.69) is 5.16 Å². The number of phenols is 1. The number of aryl methyl sites for hydroxylation is 2. The molecule has 0 atom stereocenters. The van der Waals surface area contributed by atoms with Crippen molar-refractivity contribution in [2.75, 3.05) is 6.26 Å². The first-order chi connectivity index (χ1) is 12.8. The van der Waals surface area contributed by atoms with Crippen LogP contribution in [0.3, 0.4) is 0 Å². The maximum Gasteiger partial charge on any atom is 0.236 e. The van der Waals surface area contributed by atoms with Crippen LogP contribution >= 0.6 is 0 Å². The maximum absolute atomic E-state index is 12.8. The lowest BCUT2D eigenvalue weighted by Crippen LogP contribution is -2.11. The lowest BCUT2D eigenvalue weighted by atomic mass is 9.97. The summed E-state index contributed by atoms with van der Waals surface area (Å²) in [6, 6.07) is 14.1. The zero-order valence-electron chi connectivity index (χ0n) is 15.1. The van der Waals surface area contributed by atoms with Gasteiger partial charge < -0.3 is 9.63 Å². The lowest BCUT2D eigenvalue weighted by Gasteiger charge is -2.11. The van der Waals surface area contributed by atoms with Crippen molar-refractivity contribution in [3.05, 3.63) is 60.0 Å². The summed E-state index contributed by atoms with van der Waals surface area (Å²) < 4.78 is 32.2. The average molecular weight is 382 g/mol. The predicted octanol–water partition coefficient (Wildman–Crippen LogP) is 4.09. The number of benzene rings is 2. The van der Waals surface area contributed by atoms with E-state index in [9.17, 15) is 13.5 Å². The van der Waals surface area contributed by atoms with Crippen LogP contribution in [-0.4, -0.2) is 28.9 Å². The minimum absolute atomic E-state index is 0.143. The van der Waals surface area contributed by atoms with Crippen molar-refractivity contribution in [3.8, 4) is 28.1 Å². The molecule has 0 saturated carbocycles. The molecule has 7 heteroatoms. The monoisotopic (exact) mass is 382 g/mol. The highest BCUT2D eigenvalue weighted by Crippen LogP contribution is 2.43. The Hall–Kier alpha value is -3.06. The molecule has 0 saturated heterocycles. The predicted molar refractivity (Wildman–Crippen MR) is 104 cm³/mol. The molecule has 0 aliphatic carbocycles. The molecule has 0 bridgehead atoms. The van der Waals surface area contributed by atoms with E-state index in [1.54, 1.807) is 44.2 Å². The smallest absolute Gasteiger partial charge is 0.236 e. The van der Waals surface area contributed by atoms with Crippen LogP contribution in [0.1, 0.15) is 11.5 Å². The van der Waals surface area contributed by atoms with Gasteiger partial charge >= 0.3 is 0 Å². The Kier molecular flexibility index (Phi) is 3.85. The van der Waals surface area contributed by atoms with Gasteiger partial charge in [-0.15, -0.1) is 0 Å². The van der Waals surface area contributed by atoms with E-state index in [1.807, 2.05) is 18.2 Å². The average Bonchev–Trinajstić information content (AvgIpc) is 3.12. The molecule has 0 spiro atoms. The van der Waals surface area contributed by atoms with E-state index in [4.69, 9.17) is 4.52 Å². The Morgan fingerprint density at radius 2 is 1.67 bits per heavy atom. The summed E-state index contributed by atoms with van der Waals surface area (Å²) >= 11 is 0. The van der Waals surface area contributed by atoms with Crippen molar-refractivity contribution in [1.82, 2.24) is 9.13 Å². The van der Waals surface area contributed by atoms with Crippen LogP contribution in [0, 0.1) is 13.8 Å². The Labute approximate surface area is 156 Å². The largest absolute Gasteiger partial charge is 0.508 e. The maximum atomic E-state index is 12.8. The molecule has 4 aromatic rings. The number of rotatable bonds is 3. The molecular formula is C20H18N2O4S. The Morgan fingerprint density at radius 3 is 2.26 bits per heavy atom. The fourth-order valence-corrected chi connectivity index (χ4v) is 4.55. The second-order valence-electron chi connectivity index (χ2n) is 6.51. The molecule has 2 aromatic heterocycles. The summed E-state index contributed by atoms with van der Waals surface area (Å²) in [5.74, 6) is 0.685. The van der Waals surface area contributed by atoms with Crippen LogP contribution in [0.15, 0.2) is 53.1 Å². The second kappa shape index (κ2) is 5.99. The van der Waals surface area contributed by atoms with E-state index in [0.717, 1.165) is 16.5 Å². The van der Waals surface area contributed by atoms with Crippen molar-refractivity contribution in [1.29, 1.82) is 0 Å². The number of hydrogen-bond donors (Lipinski definition) is 1. The van der Waals surface area contributed by atoms with E-state index < -0.39 is 10.0 Å². The normalized spacial score (nSPS) is 12.0. The van der Waals surface area contributed by atoms with Gasteiger partial charge in [-0.3, -0.25) is 0 Å². The van der Waals surface area contributed by atoms with Crippen LogP contribution in [0.5, 0.6) is 5.75 Å². The van der Waals surface area contributed by atoms with Crippen molar-refractivity contribution in [2.45, 2.75) is 13.8 Å². The molecule has 27 heavy (non-hydrogen) atoms. The third-order valence-electron chi connectivity index (χ3n) is 4.59. The fourth-order valence-electron chi connectivity index (χ4n) is 3.52.